The van der Waals surface area contributed by atoms with Gasteiger partial charge in [-0.1, -0.05) is 80.6 Å². The van der Waals surface area contributed by atoms with Crippen molar-refractivity contribution in [2.75, 3.05) is 0 Å². The molecule has 0 fully saturated rings. The van der Waals surface area contributed by atoms with Crippen LogP contribution in [0.3, 0.4) is 0 Å². The minimum absolute atomic E-state index is 0. The minimum atomic E-state index is 0. The van der Waals surface area contributed by atoms with Crippen molar-refractivity contribution in [3.8, 4) is 44.9 Å². The van der Waals surface area contributed by atoms with E-state index < -0.39 is 0 Å². The molecule has 0 spiro atoms. The van der Waals surface area contributed by atoms with Gasteiger partial charge in [-0.25, -0.2) is 0 Å². The molecule has 7 rings (SSSR count). The average Bonchev–Trinajstić information content (AvgIpc) is 3.14. The first-order valence-electron chi connectivity index (χ1n) is 16.5. The molecule has 0 unspecified atom stereocenters. The van der Waals surface area contributed by atoms with Crippen LogP contribution in [0.2, 0.25) is 0 Å². The predicted molar refractivity (Wildman–Crippen MR) is 204 cm³/mol. The van der Waals surface area contributed by atoms with Gasteiger partial charge in [-0.2, -0.15) is 37.1 Å². The number of hydrogen-bond acceptors (Lipinski definition) is 2. The average molecular weight is 829 g/mol. The molecule has 0 saturated heterocycles. The molecule has 0 N–H and O–H groups in total. The van der Waals surface area contributed by atoms with Gasteiger partial charge in [-0.05, 0) is 52.9 Å². The molecule has 3 aromatic heterocycles. The zero-order chi connectivity index (χ0) is 34.4. The van der Waals surface area contributed by atoms with Crippen LogP contribution in [0.25, 0.3) is 44.9 Å². The number of benzene rings is 4. The molecule has 0 bridgehead atoms. The molecule has 253 valence electrons. The van der Waals surface area contributed by atoms with E-state index in [4.69, 9.17) is 0 Å². The number of rotatable bonds is 6. The third kappa shape index (κ3) is 10.5. The van der Waals surface area contributed by atoms with E-state index in [9.17, 15) is 0 Å². The molecule has 0 amide bonds. The van der Waals surface area contributed by atoms with Crippen molar-refractivity contribution in [2.24, 2.45) is 5.92 Å². The molecule has 4 heteroatoms. The van der Waals surface area contributed by atoms with Gasteiger partial charge in [0.1, 0.15) is 0 Å². The fourth-order valence-electron chi connectivity index (χ4n) is 5.39. The summed E-state index contributed by atoms with van der Waals surface area (Å²) in [6, 6.07) is 52.1. The topological polar surface area (TPSA) is 29.7 Å². The Morgan fingerprint density at radius 1 is 0.620 bits per heavy atom. The van der Waals surface area contributed by atoms with Gasteiger partial charge in [0, 0.05) is 45.2 Å². The summed E-state index contributed by atoms with van der Waals surface area (Å²) in [5.41, 5.74) is 12.1. The first-order valence-corrected chi connectivity index (χ1v) is 16.5. The van der Waals surface area contributed by atoms with Crippen LogP contribution in [0.1, 0.15) is 30.5 Å². The summed E-state index contributed by atoms with van der Waals surface area (Å²) in [7, 11) is 4.07. The second kappa shape index (κ2) is 19.0. The van der Waals surface area contributed by atoms with Gasteiger partial charge in [0.2, 0.25) is 0 Å². The summed E-state index contributed by atoms with van der Waals surface area (Å²) in [4.78, 5) is 8.49. The Labute approximate surface area is 312 Å². The Morgan fingerprint density at radius 2 is 1.24 bits per heavy atom. The third-order valence-electron chi connectivity index (χ3n) is 7.87. The summed E-state index contributed by atoms with van der Waals surface area (Å²) in [6.45, 7) is 12.6. The van der Waals surface area contributed by atoms with E-state index in [-0.39, 0.29) is 20.1 Å². The van der Waals surface area contributed by atoms with Gasteiger partial charge >= 0.3 is 0 Å². The number of aromatic nitrogens is 3. The van der Waals surface area contributed by atoms with Crippen LogP contribution in [0.5, 0.6) is 0 Å². The summed E-state index contributed by atoms with van der Waals surface area (Å²) in [5, 5.41) is 0. The maximum absolute atomic E-state index is 4.27. The van der Waals surface area contributed by atoms with Crippen molar-refractivity contribution >= 4 is 0 Å². The van der Waals surface area contributed by atoms with E-state index in [1.165, 1.54) is 16.7 Å². The van der Waals surface area contributed by atoms with Gasteiger partial charge in [-0.3, -0.25) is 4.98 Å². The first-order chi connectivity index (χ1) is 23.9. The summed E-state index contributed by atoms with van der Waals surface area (Å²) >= 11 is 0. The molecular weight excluding hydrogens is 787 g/mol. The van der Waals surface area contributed by atoms with Gasteiger partial charge in [0.25, 0.3) is 0 Å². The van der Waals surface area contributed by atoms with Crippen molar-refractivity contribution in [1.29, 1.82) is 0 Å². The molecule has 7 aromatic rings. The molecule has 1 radical (unpaired) electrons. The minimum Gasteiger partial charge on any atom is -0.343 e. The Morgan fingerprint density at radius 3 is 1.86 bits per heavy atom. The van der Waals surface area contributed by atoms with Crippen LogP contribution in [-0.4, -0.2) is 9.97 Å². The Balaban J connectivity index is 0.000000182. The maximum Gasteiger partial charge on any atom is 0.0686 e. The Hall–Kier alpha value is -5.41. The van der Waals surface area contributed by atoms with Gasteiger partial charge in [0.15, 0.2) is 0 Å². The molecule has 0 atom stereocenters. The predicted octanol–water partition coefficient (Wildman–Crippen LogP) is 10.8. The molecule has 0 aliphatic rings. The number of pyridine rings is 3. The maximum atomic E-state index is 4.27. The van der Waals surface area contributed by atoms with E-state index in [1.807, 2.05) is 108 Å². The third-order valence-corrected chi connectivity index (χ3v) is 7.87. The zero-order valence-electron chi connectivity index (χ0n) is 28.7. The molecule has 0 aliphatic heterocycles. The molecule has 3 nitrogen and oxygen atoms in total. The fourth-order valence-corrected chi connectivity index (χ4v) is 5.39. The molecular formula is C46H42IrN3-3. The van der Waals surface area contributed by atoms with Crippen LogP contribution >= 0.6 is 0 Å². The normalized spacial score (nSPS) is 10.1. The molecule has 4 aromatic carbocycles. The standard InChI is InChI=1S/C23H24N.C12H10N.C11H8N.Ir/c1-17(2)15-19-9-12-20(13-10-19)21-11-8-18(3)22(16-21)23-7-5-6-14-24(23)4;1-10-6-2-3-7-11(10)12-8-4-5-9-13-12;1-2-6-10(7-3-1)11-8-4-5-9-12-11;/h5-14,16-17H,3-4,15H2,1-2H3;2-9H,1H2;1-6,8-9H;/q3*-1;. The van der Waals surface area contributed by atoms with Crippen LogP contribution in [-0.2, 0) is 26.5 Å². The van der Waals surface area contributed by atoms with Crippen molar-refractivity contribution in [3.05, 3.63) is 208 Å². The van der Waals surface area contributed by atoms with Crippen LogP contribution in [0.4, 0.5) is 0 Å². The van der Waals surface area contributed by atoms with Crippen molar-refractivity contribution in [1.82, 2.24) is 9.97 Å². The molecule has 0 aliphatic carbocycles. The SMILES string of the molecule is [CH2-]c1ccc(-c2ccc(CC(C)C)cc2)cc1-c1cccc[n+]1[CH2-].[CH2-]c1ccccc1-c1ccccn1.[Ir].[c-]1ccccc1-c1ccccn1. The van der Waals surface area contributed by atoms with Crippen LogP contribution in [0, 0.1) is 32.9 Å². The van der Waals surface area contributed by atoms with E-state index in [2.05, 4.69) is 99.3 Å². The van der Waals surface area contributed by atoms with E-state index in [0.29, 0.717) is 5.92 Å². The van der Waals surface area contributed by atoms with E-state index >= 15 is 0 Å². The fraction of sp³-hybridized carbons (Fsp3) is 0.0870. The van der Waals surface area contributed by atoms with E-state index in [1.54, 1.807) is 12.4 Å². The van der Waals surface area contributed by atoms with Gasteiger partial charge in [-0.15, -0.1) is 71.3 Å². The van der Waals surface area contributed by atoms with Crippen molar-refractivity contribution in [2.45, 2.75) is 20.3 Å². The molecule has 3 heterocycles. The quantitative estimate of drug-likeness (QED) is 0.123. The Bertz CT molecular complexity index is 1990. The van der Waals surface area contributed by atoms with Gasteiger partial charge < -0.3 is 9.55 Å². The molecule has 0 saturated carbocycles. The number of nitrogens with zero attached hydrogens (tertiary/aromatic N) is 3. The number of hydrogen-bond donors (Lipinski definition) is 0. The molecule has 50 heavy (non-hydrogen) atoms. The second-order valence-electron chi connectivity index (χ2n) is 12.1. The largest absolute Gasteiger partial charge is 0.343 e. The monoisotopic (exact) mass is 829 g/mol. The van der Waals surface area contributed by atoms with Gasteiger partial charge in [0.05, 0.1) is 11.9 Å². The summed E-state index contributed by atoms with van der Waals surface area (Å²) in [5.74, 6) is 0.679. The summed E-state index contributed by atoms with van der Waals surface area (Å²) in [6.07, 6.45) is 6.66. The smallest absolute Gasteiger partial charge is 0.0686 e. The first kappa shape index (κ1) is 37.4. The Kier molecular flexibility index (Phi) is 14.2. The van der Waals surface area contributed by atoms with Crippen molar-refractivity contribution in [3.63, 3.8) is 0 Å². The van der Waals surface area contributed by atoms with E-state index in [0.717, 1.165) is 51.3 Å². The zero-order valence-corrected chi connectivity index (χ0v) is 31.1. The summed E-state index contributed by atoms with van der Waals surface area (Å²) < 4.78 is 1.89. The van der Waals surface area contributed by atoms with Crippen molar-refractivity contribution < 1.29 is 24.7 Å². The van der Waals surface area contributed by atoms with Crippen LogP contribution in [0.15, 0.2) is 164 Å². The van der Waals surface area contributed by atoms with Crippen LogP contribution < -0.4 is 4.57 Å². The second-order valence-corrected chi connectivity index (χ2v) is 12.1.